The van der Waals surface area contributed by atoms with Crippen molar-refractivity contribution in [3.63, 3.8) is 0 Å². The monoisotopic (exact) mass is 442 g/mol. The first kappa shape index (κ1) is 22.5. The SMILES string of the molecule is O=C(COC(=O)CNC(=O)c1ccc(-c2ccccc2)cc1)Nc1ccc(F)c(F)c1F. The van der Waals surface area contributed by atoms with E-state index in [1.807, 2.05) is 35.6 Å². The average molecular weight is 442 g/mol. The standard InChI is InChI=1S/C23H17F3N2O4/c24-17-10-11-18(22(26)21(17)25)28-19(29)13-32-20(30)12-27-23(31)16-8-6-15(7-9-16)14-4-2-1-3-5-14/h1-11H,12-13H2,(H,27,31)(H,28,29). The van der Waals surface area contributed by atoms with E-state index in [0.29, 0.717) is 11.6 Å². The molecule has 0 bridgehead atoms. The third kappa shape index (κ3) is 5.72. The molecule has 0 saturated carbocycles. The molecule has 0 atom stereocenters. The second kappa shape index (κ2) is 10.3. The van der Waals surface area contributed by atoms with Crippen molar-refractivity contribution in [1.82, 2.24) is 5.32 Å². The van der Waals surface area contributed by atoms with E-state index in [2.05, 4.69) is 10.1 Å². The third-order valence-electron chi connectivity index (χ3n) is 4.32. The number of carbonyl (C=O) groups is 3. The number of nitrogens with one attached hydrogen (secondary N) is 2. The van der Waals surface area contributed by atoms with Crippen LogP contribution in [0.2, 0.25) is 0 Å². The molecule has 3 aromatic rings. The van der Waals surface area contributed by atoms with Gasteiger partial charge in [0.25, 0.3) is 11.8 Å². The predicted molar refractivity (Wildman–Crippen MR) is 110 cm³/mol. The van der Waals surface area contributed by atoms with Crippen LogP contribution < -0.4 is 10.6 Å². The Morgan fingerprint density at radius 3 is 2.12 bits per heavy atom. The Morgan fingerprint density at radius 2 is 1.44 bits per heavy atom. The van der Waals surface area contributed by atoms with Crippen LogP contribution >= 0.6 is 0 Å². The van der Waals surface area contributed by atoms with Crippen LogP contribution in [0.25, 0.3) is 11.1 Å². The van der Waals surface area contributed by atoms with Gasteiger partial charge in [-0.15, -0.1) is 0 Å². The van der Waals surface area contributed by atoms with E-state index in [1.54, 1.807) is 24.3 Å². The molecule has 0 aromatic heterocycles. The number of ether oxygens (including phenoxy) is 1. The molecule has 0 aliphatic rings. The second-order valence-electron chi connectivity index (χ2n) is 6.56. The maximum absolute atomic E-state index is 13.5. The Hall–Kier alpha value is -4.14. The fraction of sp³-hybridized carbons (Fsp3) is 0.0870. The summed E-state index contributed by atoms with van der Waals surface area (Å²) in [7, 11) is 0. The van der Waals surface area contributed by atoms with Gasteiger partial charge in [-0.2, -0.15) is 0 Å². The van der Waals surface area contributed by atoms with Gasteiger partial charge in [0.05, 0.1) is 5.69 Å². The van der Waals surface area contributed by atoms with Crippen LogP contribution in [0.3, 0.4) is 0 Å². The number of amides is 2. The summed E-state index contributed by atoms with van der Waals surface area (Å²) in [5, 5.41) is 4.32. The Bertz CT molecular complexity index is 1140. The summed E-state index contributed by atoms with van der Waals surface area (Å²) in [6.07, 6.45) is 0. The van der Waals surface area contributed by atoms with E-state index in [9.17, 15) is 27.6 Å². The van der Waals surface area contributed by atoms with Crippen molar-refractivity contribution in [1.29, 1.82) is 0 Å². The highest BCUT2D eigenvalue weighted by Gasteiger charge is 2.16. The average Bonchev–Trinajstić information content (AvgIpc) is 2.82. The number of carbonyl (C=O) groups excluding carboxylic acids is 3. The summed E-state index contributed by atoms with van der Waals surface area (Å²) in [5.41, 5.74) is 1.64. The number of anilines is 1. The van der Waals surface area contributed by atoms with Gasteiger partial charge in [-0.05, 0) is 35.4 Å². The van der Waals surface area contributed by atoms with Crippen molar-refractivity contribution in [2.45, 2.75) is 0 Å². The largest absolute Gasteiger partial charge is 0.454 e. The van der Waals surface area contributed by atoms with E-state index in [-0.39, 0.29) is 0 Å². The molecule has 0 fully saturated rings. The maximum Gasteiger partial charge on any atom is 0.325 e. The lowest BCUT2D eigenvalue weighted by atomic mass is 10.0. The molecule has 6 nitrogen and oxygen atoms in total. The van der Waals surface area contributed by atoms with Crippen LogP contribution in [0.5, 0.6) is 0 Å². The number of benzene rings is 3. The van der Waals surface area contributed by atoms with E-state index < -0.39 is 54.1 Å². The van der Waals surface area contributed by atoms with E-state index in [4.69, 9.17) is 0 Å². The van der Waals surface area contributed by atoms with E-state index in [1.165, 1.54) is 0 Å². The Labute approximate surface area is 181 Å². The minimum atomic E-state index is -1.74. The molecule has 0 spiro atoms. The first-order valence-electron chi connectivity index (χ1n) is 9.38. The van der Waals surface area contributed by atoms with Crippen LogP contribution in [0, 0.1) is 17.5 Å². The molecule has 0 radical (unpaired) electrons. The molecule has 32 heavy (non-hydrogen) atoms. The minimum absolute atomic E-state index is 0.323. The van der Waals surface area contributed by atoms with Crippen molar-refractivity contribution in [3.8, 4) is 11.1 Å². The zero-order valence-corrected chi connectivity index (χ0v) is 16.5. The molecule has 0 heterocycles. The number of esters is 1. The maximum atomic E-state index is 13.5. The van der Waals surface area contributed by atoms with Crippen LogP contribution in [0.1, 0.15) is 10.4 Å². The lowest BCUT2D eigenvalue weighted by Gasteiger charge is -2.09. The first-order valence-corrected chi connectivity index (χ1v) is 9.38. The van der Waals surface area contributed by atoms with E-state index >= 15 is 0 Å². The second-order valence-corrected chi connectivity index (χ2v) is 6.56. The van der Waals surface area contributed by atoms with Crippen molar-refractivity contribution in [2.24, 2.45) is 0 Å². The molecule has 3 aromatic carbocycles. The molecule has 2 amide bonds. The van der Waals surface area contributed by atoms with Crippen LogP contribution in [0.4, 0.5) is 18.9 Å². The summed E-state index contributed by atoms with van der Waals surface area (Å²) < 4.78 is 44.2. The Morgan fingerprint density at radius 1 is 0.781 bits per heavy atom. The zero-order valence-electron chi connectivity index (χ0n) is 16.5. The van der Waals surface area contributed by atoms with Gasteiger partial charge in [-0.25, -0.2) is 13.2 Å². The van der Waals surface area contributed by atoms with Crippen molar-refractivity contribution >= 4 is 23.5 Å². The summed E-state index contributed by atoms with van der Waals surface area (Å²) >= 11 is 0. The summed E-state index contributed by atoms with van der Waals surface area (Å²) in [6.45, 7) is -1.31. The quantitative estimate of drug-likeness (QED) is 0.432. The summed E-state index contributed by atoms with van der Waals surface area (Å²) in [4.78, 5) is 35.6. The molecular formula is C23H17F3N2O4. The smallest absolute Gasteiger partial charge is 0.325 e. The topological polar surface area (TPSA) is 84.5 Å². The summed E-state index contributed by atoms with van der Waals surface area (Å²) in [6, 6.07) is 17.8. The van der Waals surface area contributed by atoms with Gasteiger partial charge < -0.3 is 15.4 Å². The van der Waals surface area contributed by atoms with Crippen molar-refractivity contribution in [3.05, 3.63) is 89.7 Å². The fourth-order valence-corrected chi connectivity index (χ4v) is 2.70. The first-order chi connectivity index (χ1) is 15.3. The normalized spacial score (nSPS) is 10.3. The van der Waals surface area contributed by atoms with Gasteiger partial charge in [0.1, 0.15) is 6.54 Å². The van der Waals surface area contributed by atoms with Gasteiger partial charge in [-0.3, -0.25) is 14.4 Å². The lowest BCUT2D eigenvalue weighted by molar-refractivity contribution is -0.146. The highest BCUT2D eigenvalue weighted by atomic mass is 19.2. The van der Waals surface area contributed by atoms with E-state index in [0.717, 1.165) is 17.2 Å². The van der Waals surface area contributed by atoms with Gasteiger partial charge >= 0.3 is 5.97 Å². The Balaban J connectivity index is 1.45. The number of rotatable bonds is 7. The van der Waals surface area contributed by atoms with Crippen molar-refractivity contribution < 1.29 is 32.3 Å². The number of hydrogen-bond donors (Lipinski definition) is 2. The minimum Gasteiger partial charge on any atom is -0.454 e. The van der Waals surface area contributed by atoms with Crippen molar-refractivity contribution in [2.75, 3.05) is 18.5 Å². The molecule has 0 unspecified atom stereocenters. The molecule has 0 aliphatic carbocycles. The lowest BCUT2D eigenvalue weighted by Crippen LogP contribution is -2.32. The van der Waals surface area contributed by atoms with Gasteiger partial charge in [0.15, 0.2) is 24.1 Å². The molecule has 164 valence electrons. The van der Waals surface area contributed by atoms with Crippen LogP contribution in [-0.4, -0.2) is 30.9 Å². The van der Waals surface area contributed by atoms with Crippen LogP contribution in [0.15, 0.2) is 66.7 Å². The van der Waals surface area contributed by atoms with Gasteiger partial charge in [0, 0.05) is 5.56 Å². The Kier molecular flexibility index (Phi) is 7.22. The van der Waals surface area contributed by atoms with Gasteiger partial charge in [-0.1, -0.05) is 42.5 Å². The van der Waals surface area contributed by atoms with Gasteiger partial charge in [0.2, 0.25) is 0 Å². The molecule has 9 heteroatoms. The zero-order chi connectivity index (χ0) is 23.1. The molecule has 3 rings (SSSR count). The third-order valence-corrected chi connectivity index (χ3v) is 4.32. The van der Waals surface area contributed by atoms with Crippen LogP contribution in [-0.2, 0) is 14.3 Å². The predicted octanol–water partition coefficient (Wildman–Crippen LogP) is 3.68. The number of hydrogen-bond acceptors (Lipinski definition) is 4. The molecule has 2 N–H and O–H groups in total. The summed E-state index contributed by atoms with van der Waals surface area (Å²) in [5.74, 6) is -7.12. The fourth-order valence-electron chi connectivity index (χ4n) is 2.70. The highest BCUT2D eigenvalue weighted by Crippen LogP contribution is 2.20. The molecule has 0 saturated heterocycles. The highest BCUT2D eigenvalue weighted by molar-refractivity contribution is 5.97. The molecular weight excluding hydrogens is 425 g/mol. The molecule has 0 aliphatic heterocycles. The number of halogens is 3.